The van der Waals surface area contributed by atoms with Gasteiger partial charge in [0.2, 0.25) is 0 Å². The van der Waals surface area contributed by atoms with Crippen LogP contribution in [0.3, 0.4) is 0 Å². The predicted octanol–water partition coefficient (Wildman–Crippen LogP) is 2.47. The lowest BCUT2D eigenvalue weighted by molar-refractivity contribution is 0.816. The minimum Gasteiger partial charge on any atom is -0.384 e. The summed E-state index contributed by atoms with van der Waals surface area (Å²) in [5.74, 6) is 0.0560. The molecule has 0 spiro atoms. The highest BCUT2D eigenvalue weighted by atomic mass is 32.2. The molecule has 4 N–H and O–H groups in total. The summed E-state index contributed by atoms with van der Waals surface area (Å²) >= 11 is 1.40. The second-order valence-electron chi connectivity index (χ2n) is 4.78. The normalized spacial score (nSPS) is 10.6. The summed E-state index contributed by atoms with van der Waals surface area (Å²) in [6.45, 7) is 3.96. The van der Waals surface area contributed by atoms with E-state index in [-0.39, 0.29) is 11.4 Å². The zero-order valence-corrected chi connectivity index (χ0v) is 12.9. The molecule has 0 atom stereocenters. The van der Waals surface area contributed by atoms with Gasteiger partial charge in [-0.3, -0.25) is 10.2 Å². The second kappa shape index (κ2) is 6.58. The Hall–Kier alpha value is -2.08. The van der Waals surface area contributed by atoms with Crippen LogP contribution in [0.5, 0.6) is 0 Å². The first kappa shape index (κ1) is 15.3. The minimum atomic E-state index is -0.131. The SMILES string of the molecule is CCCc1cc(=O)[nH]c(Sc2ccc(C(=N)N)c(C)c2)n1. The number of hydrogen-bond donors (Lipinski definition) is 3. The van der Waals surface area contributed by atoms with Crippen LogP contribution in [0, 0.1) is 12.3 Å². The summed E-state index contributed by atoms with van der Waals surface area (Å²) < 4.78 is 0. The number of nitrogens with one attached hydrogen (secondary N) is 2. The van der Waals surface area contributed by atoms with Gasteiger partial charge in [-0.1, -0.05) is 25.1 Å². The molecule has 1 heterocycles. The predicted molar refractivity (Wildman–Crippen MR) is 85.2 cm³/mol. The molecule has 0 fully saturated rings. The number of hydrogen-bond acceptors (Lipinski definition) is 4. The third-order valence-corrected chi connectivity index (χ3v) is 3.86. The van der Waals surface area contributed by atoms with Crippen molar-refractivity contribution in [2.75, 3.05) is 0 Å². The molecule has 0 aliphatic rings. The van der Waals surface area contributed by atoms with Crippen molar-refractivity contribution in [2.45, 2.75) is 36.7 Å². The monoisotopic (exact) mass is 302 g/mol. The molecular weight excluding hydrogens is 284 g/mol. The van der Waals surface area contributed by atoms with E-state index < -0.39 is 0 Å². The van der Waals surface area contributed by atoms with Crippen molar-refractivity contribution >= 4 is 17.6 Å². The summed E-state index contributed by atoms with van der Waals surface area (Å²) in [7, 11) is 0. The maximum atomic E-state index is 11.6. The van der Waals surface area contributed by atoms with Gasteiger partial charge in [-0.05, 0) is 37.1 Å². The van der Waals surface area contributed by atoms with E-state index in [4.69, 9.17) is 11.1 Å². The maximum absolute atomic E-state index is 11.6. The quantitative estimate of drug-likeness (QED) is 0.449. The summed E-state index contributed by atoms with van der Waals surface area (Å²) in [6.07, 6.45) is 1.74. The van der Waals surface area contributed by atoms with E-state index in [1.807, 2.05) is 25.1 Å². The Morgan fingerprint density at radius 1 is 1.43 bits per heavy atom. The number of nitrogens with two attached hydrogens (primary N) is 1. The van der Waals surface area contributed by atoms with E-state index in [0.717, 1.165) is 34.6 Å². The number of H-pyrrole nitrogens is 1. The lowest BCUT2D eigenvalue weighted by Crippen LogP contribution is -2.12. The van der Waals surface area contributed by atoms with Gasteiger partial charge in [0.25, 0.3) is 5.56 Å². The minimum absolute atomic E-state index is 0.0560. The van der Waals surface area contributed by atoms with Crippen LogP contribution in [0.2, 0.25) is 0 Å². The Morgan fingerprint density at radius 2 is 2.19 bits per heavy atom. The fourth-order valence-corrected chi connectivity index (χ4v) is 2.94. The van der Waals surface area contributed by atoms with E-state index in [2.05, 4.69) is 16.9 Å². The van der Waals surface area contributed by atoms with Gasteiger partial charge in [0, 0.05) is 22.2 Å². The smallest absolute Gasteiger partial charge is 0.251 e. The van der Waals surface area contributed by atoms with Crippen LogP contribution < -0.4 is 11.3 Å². The van der Waals surface area contributed by atoms with Crippen LogP contribution in [0.25, 0.3) is 0 Å². The fourth-order valence-electron chi connectivity index (χ4n) is 2.03. The number of aryl methyl sites for hydroxylation is 2. The maximum Gasteiger partial charge on any atom is 0.251 e. The first-order chi connectivity index (χ1) is 9.99. The molecule has 2 aromatic rings. The molecule has 0 bridgehead atoms. The zero-order chi connectivity index (χ0) is 15.4. The number of nitrogens with zero attached hydrogens (tertiary/aromatic N) is 1. The summed E-state index contributed by atoms with van der Waals surface area (Å²) in [5, 5.41) is 8.07. The van der Waals surface area contributed by atoms with Gasteiger partial charge in [0.05, 0.1) is 0 Å². The number of benzene rings is 1. The van der Waals surface area contributed by atoms with Gasteiger partial charge >= 0.3 is 0 Å². The molecule has 0 saturated carbocycles. The van der Waals surface area contributed by atoms with Gasteiger partial charge in [0.15, 0.2) is 5.16 Å². The second-order valence-corrected chi connectivity index (χ2v) is 5.85. The van der Waals surface area contributed by atoms with Gasteiger partial charge in [-0.25, -0.2) is 4.98 Å². The summed E-state index contributed by atoms with van der Waals surface area (Å²) in [5.41, 5.74) is 7.83. The van der Waals surface area contributed by atoms with Crippen molar-refractivity contribution in [3.63, 3.8) is 0 Å². The van der Waals surface area contributed by atoms with Crippen molar-refractivity contribution in [2.24, 2.45) is 5.73 Å². The average molecular weight is 302 g/mol. The van der Waals surface area contributed by atoms with Gasteiger partial charge in [-0.15, -0.1) is 0 Å². The molecule has 5 nitrogen and oxygen atoms in total. The van der Waals surface area contributed by atoms with E-state index >= 15 is 0 Å². The Kier molecular flexibility index (Phi) is 4.80. The number of aromatic amines is 1. The standard InChI is InChI=1S/C15H18N4OS/c1-3-4-10-8-13(20)19-15(18-10)21-11-5-6-12(14(16)17)9(2)7-11/h5-8H,3-4H2,1-2H3,(H3,16,17)(H,18,19,20). The molecule has 1 aromatic carbocycles. The molecule has 110 valence electrons. The van der Waals surface area contributed by atoms with Gasteiger partial charge in [-0.2, -0.15) is 0 Å². The summed E-state index contributed by atoms with van der Waals surface area (Å²) in [4.78, 5) is 19.8. The molecule has 0 aliphatic heterocycles. The zero-order valence-electron chi connectivity index (χ0n) is 12.1. The lowest BCUT2D eigenvalue weighted by atomic mass is 10.1. The molecule has 0 radical (unpaired) electrons. The third-order valence-electron chi connectivity index (χ3n) is 2.98. The van der Waals surface area contributed by atoms with Gasteiger partial charge in [0.1, 0.15) is 5.84 Å². The van der Waals surface area contributed by atoms with Crippen LogP contribution in [0.15, 0.2) is 39.1 Å². The van der Waals surface area contributed by atoms with E-state index in [9.17, 15) is 4.79 Å². The Morgan fingerprint density at radius 3 is 2.81 bits per heavy atom. The largest absolute Gasteiger partial charge is 0.384 e. The van der Waals surface area contributed by atoms with Crippen molar-refractivity contribution in [1.82, 2.24) is 9.97 Å². The third kappa shape index (κ3) is 3.95. The van der Waals surface area contributed by atoms with Gasteiger partial charge < -0.3 is 10.7 Å². The Labute approximate surface area is 127 Å². The van der Waals surface area contributed by atoms with Crippen LogP contribution in [0.4, 0.5) is 0 Å². The van der Waals surface area contributed by atoms with Crippen LogP contribution in [-0.2, 0) is 6.42 Å². The number of nitrogen functional groups attached to an aromatic ring is 1. The molecule has 6 heteroatoms. The fraction of sp³-hybridized carbons (Fsp3) is 0.267. The van der Waals surface area contributed by atoms with E-state index in [1.165, 1.54) is 17.8 Å². The first-order valence-corrected chi connectivity index (χ1v) is 7.54. The average Bonchev–Trinajstić information content (AvgIpc) is 2.37. The van der Waals surface area contributed by atoms with E-state index in [0.29, 0.717) is 5.16 Å². The first-order valence-electron chi connectivity index (χ1n) is 6.72. The van der Waals surface area contributed by atoms with Crippen molar-refractivity contribution in [3.8, 4) is 0 Å². The molecule has 0 saturated heterocycles. The molecule has 0 unspecified atom stereocenters. The molecule has 21 heavy (non-hydrogen) atoms. The van der Waals surface area contributed by atoms with Crippen LogP contribution in [0.1, 0.15) is 30.2 Å². The van der Waals surface area contributed by atoms with Crippen molar-refractivity contribution in [1.29, 1.82) is 5.41 Å². The van der Waals surface area contributed by atoms with Crippen molar-refractivity contribution in [3.05, 3.63) is 51.4 Å². The van der Waals surface area contributed by atoms with Crippen LogP contribution in [-0.4, -0.2) is 15.8 Å². The molecule has 0 amide bonds. The number of amidine groups is 1. The number of rotatable bonds is 5. The molecular formula is C15H18N4OS. The molecule has 2 rings (SSSR count). The topological polar surface area (TPSA) is 95.6 Å². The highest BCUT2D eigenvalue weighted by molar-refractivity contribution is 7.99. The lowest BCUT2D eigenvalue weighted by Gasteiger charge is -2.07. The van der Waals surface area contributed by atoms with E-state index in [1.54, 1.807) is 0 Å². The Balaban J connectivity index is 2.28. The highest BCUT2D eigenvalue weighted by Crippen LogP contribution is 2.26. The summed E-state index contributed by atoms with van der Waals surface area (Å²) in [6, 6.07) is 7.17. The number of aromatic nitrogens is 2. The highest BCUT2D eigenvalue weighted by Gasteiger charge is 2.06. The molecule has 0 aliphatic carbocycles. The Bertz CT molecular complexity index is 724. The van der Waals surface area contributed by atoms with Crippen molar-refractivity contribution < 1.29 is 0 Å². The molecule has 1 aromatic heterocycles. The van der Waals surface area contributed by atoms with Crippen LogP contribution >= 0.6 is 11.8 Å².